The fraction of sp³-hybridized carbons (Fsp3) is 0.467. The summed E-state index contributed by atoms with van der Waals surface area (Å²) >= 11 is 1.50. The number of amides is 1. The highest BCUT2D eigenvalue weighted by molar-refractivity contribution is 7.16. The normalized spacial score (nSPS) is 20.4. The maximum atomic E-state index is 12.1. The Morgan fingerprint density at radius 2 is 2.38 bits per heavy atom. The van der Waals surface area contributed by atoms with Crippen molar-refractivity contribution < 1.29 is 14.3 Å². The van der Waals surface area contributed by atoms with Crippen LogP contribution in [0.2, 0.25) is 0 Å². The highest BCUT2D eigenvalue weighted by atomic mass is 32.1. The van der Waals surface area contributed by atoms with Gasteiger partial charge in [-0.2, -0.15) is 5.26 Å². The van der Waals surface area contributed by atoms with Gasteiger partial charge < -0.3 is 14.8 Å². The number of rotatable bonds is 2. The molecule has 6 heteroatoms. The Kier molecular flexibility index (Phi) is 3.84. The van der Waals surface area contributed by atoms with E-state index in [1.807, 2.05) is 0 Å². The number of nitriles is 1. The van der Waals surface area contributed by atoms with Crippen LogP contribution in [0.25, 0.3) is 0 Å². The Balaban J connectivity index is 1.84. The maximum Gasteiger partial charge on any atom is 0.294 e. The van der Waals surface area contributed by atoms with E-state index < -0.39 is 0 Å². The second-order valence-electron chi connectivity index (χ2n) is 5.32. The van der Waals surface area contributed by atoms with Gasteiger partial charge in [0.05, 0.1) is 5.56 Å². The van der Waals surface area contributed by atoms with Crippen molar-refractivity contribution in [1.29, 1.82) is 5.26 Å². The number of nitrogens with zero attached hydrogens (tertiary/aromatic N) is 1. The van der Waals surface area contributed by atoms with Gasteiger partial charge in [-0.25, -0.2) is 0 Å². The third kappa shape index (κ3) is 2.74. The first-order valence-electron chi connectivity index (χ1n) is 6.99. The van der Waals surface area contributed by atoms with E-state index in [1.54, 1.807) is 0 Å². The number of thiophene rings is 1. The molecular weight excluding hydrogens is 288 g/mol. The summed E-state index contributed by atoms with van der Waals surface area (Å²) in [6.07, 6.45) is 4.30. The molecule has 1 atom stereocenters. The highest BCUT2D eigenvalue weighted by Gasteiger charge is 2.25. The second-order valence-corrected chi connectivity index (χ2v) is 6.43. The van der Waals surface area contributed by atoms with Crippen LogP contribution in [0.3, 0.4) is 0 Å². The average Bonchev–Trinajstić information content (AvgIpc) is 2.84. The quantitative estimate of drug-likeness (QED) is 0.911. The predicted molar refractivity (Wildman–Crippen MR) is 78.8 cm³/mol. The van der Waals surface area contributed by atoms with E-state index in [0.29, 0.717) is 29.7 Å². The number of nitrogens with one attached hydrogen (secondary N) is 1. The van der Waals surface area contributed by atoms with Gasteiger partial charge in [0.2, 0.25) is 5.76 Å². The standard InChI is InChI=1S/C15H16N2O3S/c1-9-2-3-10-11(7-16)15(21-13(10)6-9)17-14(18)12-8-19-4-5-20-12/h8-9H,2-6H2,1H3,(H,17,18). The Morgan fingerprint density at radius 1 is 1.52 bits per heavy atom. The van der Waals surface area contributed by atoms with E-state index in [2.05, 4.69) is 18.3 Å². The van der Waals surface area contributed by atoms with Crippen molar-refractivity contribution in [1.82, 2.24) is 0 Å². The summed E-state index contributed by atoms with van der Waals surface area (Å²) in [5, 5.41) is 12.8. The minimum Gasteiger partial charge on any atom is -0.494 e. The molecular formula is C15H16N2O3S. The van der Waals surface area contributed by atoms with Gasteiger partial charge in [0.15, 0.2) is 0 Å². The molecule has 1 aliphatic heterocycles. The van der Waals surface area contributed by atoms with Crippen molar-refractivity contribution in [3.05, 3.63) is 28.0 Å². The molecule has 21 heavy (non-hydrogen) atoms. The van der Waals surface area contributed by atoms with Crippen LogP contribution in [-0.2, 0) is 27.1 Å². The van der Waals surface area contributed by atoms with Gasteiger partial charge in [0.25, 0.3) is 5.91 Å². The zero-order valence-electron chi connectivity index (χ0n) is 11.8. The zero-order chi connectivity index (χ0) is 14.8. The molecule has 3 rings (SSSR count). The zero-order valence-corrected chi connectivity index (χ0v) is 12.6. The summed E-state index contributed by atoms with van der Waals surface area (Å²) in [7, 11) is 0. The fourth-order valence-corrected chi connectivity index (χ4v) is 3.97. The lowest BCUT2D eigenvalue weighted by Gasteiger charge is -2.17. The Labute approximate surface area is 127 Å². The van der Waals surface area contributed by atoms with Crippen molar-refractivity contribution in [2.24, 2.45) is 5.92 Å². The molecule has 5 nitrogen and oxygen atoms in total. The van der Waals surface area contributed by atoms with E-state index in [4.69, 9.17) is 9.47 Å². The van der Waals surface area contributed by atoms with Gasteiger partial charge in [-0.1, -0.05) is 6.92 Å². The monoisotopic (exact) mass is 304 g/mol. The number of carbonyl (C=O) groups is 1. The number of anilines is 1. The molecule has 1 aromatic heterocycles. The minimum absolute atomic E-state index is 0.157. The van der Waals surface area contributed by atoms with Gasteiger partial charge in [0.1, 0.15) is 30.5 Å². The number of fused-ring (bicyclic) bond motifs is 1. The van der Waals surface area contributed by atoms with Crippen LogP contribution in [-0.4, -0.2) is 19.1 Å². The second kappa shape index (κ2) is 5.78. The Morgan fingerprint density at radius 3 is 3.10 bits per heavy atom. The van der Waals surface area contributed by atoms with Gasteiger partial charge >= 0.3 is 0 Å². The minimum atomic E-state index is -0.363. The Bertz CT molecular complexity index is 642. The van der Waals surface area contributed by atoms with Gasteiger partial charge in [-0.05, 0) is 30.7 Å². The topological polar surface area (TPSA) is 71.3 Å². The lowest BCUT2D eigenvalue weighted by atomic mass is 9.89. The summed E-state index contributed by atoms with van der Waals surface area (Å²) in [5.41, 5.74) is 1.71. The van der Waals surface area contributed by atoms with E-state index in [0.717, 1.165) is 24.8 Å². The summed E-state index contributed by atoms with van der Waals surface area (Å²) < 4.78 is 10.3. The van der Waals surface area contributed by atoms with E-state index in [9.17, 15) is 10.1 Å². The number of carbonyl (C=O) groups excluding carboxylic acids is 1. The van der Waals surface area contributed by atoms with Gasteiger partial charge in [-0.15, -0.1) is 11.3 Å². The van der Waals surface area contributed by atoms with Crippen LogP contribution in [0, 0.1) is 17.2 Å². The van der Waals surface area contributed by atoms with Crippen LogP contribution < -0.4 is 5.32 Å². The number of hydrogen-bond donors (Lipinski definition) is 1. The van der Waals surface area contributed by atoms with E-state index >= 15 is 0 Å². The molecule has 1 aliphatic carbocycles. The molecule has 0 radical (unpaired) electrons. The van der Waals surface area contributed by atoms with Crippen LogP contribution in [0.1, 0.15) is 29.3 Å². The van der Waals surface area contributed by atoms with Crippen molar-refractivity contribution in [2.45, 2.75) is 26.2 Å². The molecule has 1 amide bonds. The third-order valence-corrected chi connectivity index (χ3v) is 4.89. The largest absolute Gasteiger partial charge is 0.494 e. The molecule has 0 saturated heterocycles. The third-order valence-electron chi connectivity index (χ3n) is 3.72. The first-order chi connectivity index (χ1) is 10.2. The highest BCUT2D eigenvalue weighted by Crippen LogP contribution is 2.39. The Hall–Kier alpha value is -2.00. The molecule has 1 N–H and O–H groups in total. The molecule has 1 unspecified atom stereocenters. The summed E-state index contributed by atoms with van der Waals surface area (Å²) in [4.78, 5) is 13.3. The van der Waals surface area contributed by atoms with Gasteiger partial charge in [0, 0.05) is 4.88 Å². The lowest BCUT2D eigenvalue weighted by molar-refractivity contribution is -0.117. The maximum absolute atomic E-state index is 12.1. The molecule has 0 aromatic carbocycles. The summed E-state index contributed by atoms with van der Waals surface area (Å²) in [6, 6.07) is 2.23. The first-order valence-corrected chi connectivity index (χ1v) is 7.81. The SMILES string of the molecule is CC1CCc2c(sc(NC(=O)C3=COCCO3)c2C#N)C1. The van der Waals surface area contributed by atoms with Crippen LogP contribution >= 0.6 is 11.3 Å². The molecule has 0 bridgehead atoms. The predicted octanol–water partition coefficient (Wildman–Crippen LogP) is 2.57. The van der Waals surface area contributed by atoms with E-state index in [-0.39, 0.29) is 11.7 Å². The van der Waals surface area contributed by atoms with Crippen LogP contribution in [0.15, 0.2) is 12.0 Å². The molecule has 0 fully saturated rings. The van der Waals surface area contributed by atoms with Crippen molar-refractivity contribution in [3.8, 4) is 6.07 Å². The smallest absolute Gasteiger partial charge is 0.294 e. The van der Waals surface area contributed by atoms with Crippen molar-refractivity contribution >= 4 is 22.2 Å². The first kappa shape index (κ1) is 14.0. The molecule has 2 aliphatic rings. The molecule has 0 spiro atoms. The lowest BCUT2D eigenvalue weighted by Crippen LogP contribution is -2.21. The number of ether oxygens (including phenoxy) is 2. The van der Waals surface area contributed by atoms with E-state index in [1.165, 1.54) is 22.5 Å². The van der Waals surface area contributed by atoms with Crippen molar-refractivity contribution in [2.75, 3.05) is 18.5 Å². The molecule has 1 aromatic rings. The van der Waals surface area contributed by atoms with Crippen LogP contribution in [0.4, 0.5) is 5.00 Å². The molecule has 0 saturated carbocycles. The van der Waals surface area contributed by atoms with Gasteiger partial charge in [-0.3, -0.25) is 4.79 Å². The fourth-order valence-electron chi connectivity index (χ4n) is 2.61. The molecule has 2 heterocycles. The summed E-state index contributed by atoms with van der Waals surface area (Å²) in [5.74, 6) is 0.423. The van der Waals surface area contributed by atoms with Crippen molar-refractivity contribution in [3.63, 3.8) is 0 Å². The molecule has 110 valence electrons. The average molecular weight is 304 g/mol. The van der Waals surface area contributed by atoms with Crippen LogP contribution in [0.5, 0.6) is 0 Å². The number of hydrogen-bond acceptors (Lipinski definition) is 5. The summed E-state index contributed by atoms with van der Waals surface area (Å²) in [6.45, 7) is 3.03.